The van der Waals surface area contributed by atoms with E-state index >= 15 is 0 Å². The van der Waals surface area contributed by atoms with Gasteiger partial charge in [0.2, 0.25) is 0 Å². The second-order valence-corrected chi connectivity index (χ2v) is 7.31. The highest BCUT2D eigenvalue weighted by Gasteiger charge is 2.12. The lowest BCUT2D eigenvalue weighted by Gasteiger charge is -2.10. The summed E-state index contributed by atoms with van der Waals surface area (Å²) in [6.45, 7) is 0.388. The minimum atomic E-state index is -0.280. The molecule has 0 unspecified atom stereocenters. The van der Waals surface area contributed by atoms with Crippen molar-refractivity contribution in [3.63, 3.8) is 0 Å². The molecule has 0 saturated carbocycles. The molecule has 4 aromatic heterocycles. The molecule has 0 aliphatic rings. The Balaban J connectivity index is 1.71. The molecule has 0 radical (unpaired) electrons. The van der Waals surface area contributed by atoms with E-state index in [9.17, 15) is 9.59 Å². The van der Waals surface area contributed by atoms with Gasteiger partial charge in [0.1, 0.15) is 0 Å². The molecule has 146 valence electrons. The largest absolute Gasteiger partial charge is 0.310 e. The Bertz CT molecular complexity index is 1520. The normalized spacial score (nSPS) is 11.2. The number of benzene rings is 1. The van der Waals surface area contributed by atoms with Crippen molar-refractivity contribution in [2.24, 2.45) is 0 Å². The molecule has 0 spiro atoms. The van der Waals surface area contributed by atoms with E-state index in [-0.39, 0.29) is 11.1 Å². The van der Waals surface area contributed by atoms with Gasteiger partial charge in [-0.25, -0.2) is 4.98 Å². The second kappa shape index (κ2) is 7.24. The quantitative estimate of drug-likeness (QED) is 0.421. The zero-order valence-corrected chi connectivity index (χ0v) is 16.5. The molecule has 0 amide bonds. The van der Waals surface area contributed by atoms with Crippen molar-refractivity contribution in [3.8, 4) is 5.69 Å². The molecule has 1 aromatic carbocycles. The van der Waals surface area contributed by atoms with Crippen LogP contribution in [-0.2, 0) is 6.54 Å². The van der Waals surface area contributed by atoms with E-state index in [1.807, 2.05) is 18.2 Å². The van der Waals surface area contributed by atoms with Gasteiger partial charge in [0.05, 0.1) is 39.1 Å². The van der Waals surface area contributed by atoms with Gasteiger partial charge in [0.15, 0.2) is 0 Å². The second-order valence-electron chi connectivity index (χ2n) is 6.91. The Hall–Kier alpha value is -3.77. The molecule has 5 rings (SSSR count). The molecule has 6 nitrogen and oxygen atoms in total. The Morgan fingerprint density at radius 3 is 2.40 bits per heavy atom. The smallest absolute Gasteiger partial charge is 0.264 e. The third-order valence-electron chi connectivity index (χ3n) is 5.00. The molecular formula is C23H15ClN4O2. The van der Waals surface area contributed by atoms with Crippen LogP contribution in [0.15, 0.2) is 89.0 Å². The predicted molar refractivity (Wildman–Crippen MR) is 117 cm³/mol. The molecule has 0 N–H and O–H groups in total. The van der Waals surface area contributed by atoms with Gasteiger partial charge < -0.3 is 4.57 Å². The Morgan fingerprint density at radius 1 is 0.867 bits per heavy atom. The zero-order valence-electron chi connectivity index (χ0n) is 15.7. The van der Waals surface area contributed by atoms with Crippen LogP contribution < -0.4 is 11.1 Å². The summed E-state index contributed by atoms with van der Waals surface area (Å²) in [6, 6.07) is 16.0. The van der Waals surface area contributed by atoms with Crippen molar-refractivity contribution in [2.75, 3.05) is 0 Å². The van der Waals surface area contributed by atoms with Gasteiger partial charge in [-0.3, -0.25) is 19.1 Å². The summed E-state index contributed by atoms with van der Waals surface area (Å²) >= 11 is 6.27. The van der Waals surface area contributed by atoms with Gasteiger partial charge in [0.25, 0.3) is 11.1 Å². The summed E-state index contributed by atoms with van der Waals surface area (Å²) in [7, 11) is 0. The molecule has 0 bridgehead atoms. The van der Waals surface area contributed by atoms with Crippen molar-refractivity contribution in [3.05, 3.63) is 111 Å². The summed E-state index contributed by atoms with van der Waals surface area (Å²) in [5.41, 5.74) is 2.07. The SMILES string of the molecule is O=c1c2cc3c(=O)n(-c4ccccc4Cl)ccc3nc2ccn1Cc1cccnc1. The van der Waals surface area contributed by atoms with Crippen LogP contribution in [0.25, 0.3) is 27.5 Å². The standard InChI is InChI=1S/C23H15ClN4O2/c24-18-5-1-2-6-21(18)28-11-8-20-17(23(28)30)12-16-19(26-20)7-10-27(22(16)29)14-15-4-3-9-25-13-15/h1-13H,14H2. The first kappa shape index (κ1) is 18.3. The van der Waals surface area contributed by atoms with Crippen LogP contribution in [0.4, 0.5) is 0 Å². The van der Waals surface area contributed by atoms with E-state index < -0.39 is 0 Å². The lowest BCUT2D eigenvalue weighted by atomic mass is 10.1. The predicted octanol–water partition coefficient (Wildman–Crippen LogP) is 3.80. The topological polar surface area (TPSA) is 69.8 Å². The maximum atomic E-state index is 13.2. The third kappa shape index (κ3) is 3.07. The number of rotatable bonds is 3. The van der Waals surface area contributed by atoms with Gasteiger partial charge in [-0.15, -0.1) is 0 Å². The fourth-order valence-corrected chi connectivity index (χ4v) is 3.74. The minimum absolute atomic E-state index is 0.210. The highest BCUT2D eigenvalue weighted by Crippen LogP contribution is 2.20. The van der Waals surface area contributed by atoms with Gasteiger partial charge >= 0.3 is 0 Å². The number of hydrogen-bond acceptors (Lipinski definition) is 4. The summed E-state index contributed by atoms with van der Waals surface area (Å²) < 4.78 is 3.05. The van der Waals surface area contributed by atoms with Gasteiger partial charge in [-0.05, 0) is 42.0 Å². The van der Waals surface area contributed by atoms with E-state index in [4.69, 9.17) is 11.6 Å². The number of fused-ring (bicyclic) bond motifs is 2. The number of nitrogens with zero attached hydrogens (tertiary/aromatic N) is 4. The van der Waals surface area contributed by atoms with E-state index in [0.29, 0.717) is 39.1 Å². The number of aromatic nitrogens is 4. The third-order valence-corrected chi connectivity index (χ3v) is 5.32. The first-order valence-electron chi connectivity index (χ1n) is 9.31. The number of para-hydroxylation sites is 1. The van der Waals surface area contributed by atoms with Gasteiger partial charge in [-0.2, -0.15) is 0 Å². The molecule has 0 aliphatic heterocycles. The summed E-state index contributed by atoms with van der Waals surface area (Å²) in [5.74, 6) is 0. The van der Waals surface area contributed by atoms with Crippen LogP contribution in [0.5, 0.6) is 0 Å². The Morgan fingerprint density at radius 2 is 1.63 bits per heavy atom. The average molecular weight is 415 g/mol. The van der Waals surface area contributed by atoms with E-state index in [2.05, 4.69) is 9.97 Å². The van der Waals surface area contributed by atoms with Gasteiger partial charge in [0, 0.05) is 24.8 Å². The van der Waals surface area contributed by atoms with Gasteiger partial charge in [-0.1, -0.05) is 29.8 Å². The molecule has 5 aromatic rings. The molecule has 0 saturated heterocycles. The van der Waals surface area contributed by atoms with Crippen molar-refractivity contribution >= 4 is 33.4 Å². The summed E-state index contributed by atoms with van der Waals surface area (Å²) in [5, 5.41) is 1.22. The molecule has 0 atom stereocenters. The highest BCUT2D eigenvalue weighted by atomic mass is 35.5. The summed E-state index contributed by atoms with van der Waals surface area (Å²) in [4.78, 5) is 34.8. The number of pyridine rings is 4. The minimum Gasteiger partial charge on any atom is -0.310 e. The number of hydrogen-bond donors (Lipinski definition) is 0. The molecule has 7 heteroatoms. The van der Waals surface area contributed by atoms with Crippen LogP contribution in [0.1, 0.15) is 5.56 Å². The van der Waals surface area contributed by atoms with Crippen LogP contribution in [0.3, 0.4) is 0 Å². The average Bonchev–Trinajstić information content (AvgIpc) is 2.77. The molecule has 4 heterocycles. The first-order valence-corrected chi connectivity index (χ1v) is 9.69. The maximum Gasteiger partial charge on any atom is 0.264 e. The first-order chi connectivity index (χ1) is 14.6. The van der Waals surface area contributed by atoms with Crippen molar-refractivity contribution in [2.45, 2.75) is 6.54 Å². The van der Waals surface area contributed by atoms with Crippen molar-refractivity contribution in [1.29, 1.82) is 0 Å². The van der Waals surface area contributed by atoms with E-state index in [1.54, 1.807) is 65.8 Å². The fraction of sp³-hybridized carbons (Fsp3) is 0.0435. The van der Waals surface area contributed by atoms with E-state index in [0.717, 1.165) is 5.56 Å². The van der Waals surface area contributed by atoms with Crippen molar-refractivity contribution < 1.29 is 0 Å². The number of halogens is 1. The Labute approximate surface area is 175 Å². The highest BCUT2D eigenvalue weighted by molar-refractivity contribution is 6.32. The van der Waals surface area contributed by atoms with Crippen molar-refractivity contribution in [1.82, 2.24) is 19.1 Å². The summed E-state index contributed by atoms with van der Waals surface area (Å²) in [6.07, 6.45) is 6.76. The van der Waals surface area contributed by atoms with Crippen LogP contribution in [-0.4, -0.2) is 19.1 Å². The Kier molecular flexibility index (Phi) is 4.41. The molecule has 0 fully saturated rings. The van der Waals surface area contributed by atoms with E-state index in [1.165, 1.54) is 4.57 Å². The molecule has 0 aliphatic carbocycles. The maximum absolute atomic E-state index is 13.2. The molecule has 30 heavy (non-hydrogen) atoms. The monoisotopic (exact) mass is 414 g/mol. The van der Waals surface area contributed by atoms with Crippen LogP contribution in [0.2, 0.25) is 5.02 Å². The van der Waals surface area contributed by atoms with Crippen LogP contribution >= 0.6 is 11.6 Å². The molecular weight excluding hydrogens is 400 g/mol. The van der Waals surface area contributed by atoms with Crippen LogP contribution in [0, 0.1) is 0 Å². The lowest BCUT2D eigenvalue weighted by Crippen LogP contribution is -2.22. The zero-order chi connectivity index (χ0) is 20.7. The lowest BCUT2D eigenvalue weighted by molar-refractivity contribution is 0.764. The fourth-order valence-electron chi connectivity index (χ4n) is 3.51.